The summed E-state index contributed by atoms with van der Waals surface area (Å²) in [4.78, 5) is 4.10. The summed E-state index contributed by atoms with van der Waals surface area (Å²) in [6, 6.07) is 22.3. The van der Waals surface area contributed by atoms with E-state index in [0.717, 1.165) is 6.54 Å². The largest absolute Gasteiger partial charge is 0.341 e. The lowest BCUT2D eigenvalue weighted by molar-refractivity contribution is 0.827. The van der Waals surface area contributed by atoms with Crippen molar-refractivity contribution in [3.05, 3.63) is 71.6 Å². The number of thiophene rings is 2. The van der Waals surface area contributed by atoms with Crippen molar-refractivity contribution in [2.24, 2.45) is 0 Å². The quantitative estimate of drug-likeness (QED) is 0.307. The summed E-state index contributed by atoms with van der Waals surface area (Å²) in [5.41, 5.74) is 5.33. The molecule has 5 aromatic rings. The molecule has 0 bridgehead atoms. The van der Waals surface area contributed by atoms with Crippen LogP contribution in [-0.4, -0.2) is 4.57 Å². The fourth-order valence-electron chi connectivity index (χ4n) is 3.84. The molecule has 5 rings (SSSR count). The summed E-state index contributed by atoms with van der Waals surface area (Å²) in [7, 11) is 0. The van der Waals surface area contributed by atoms with E-state index in [1.165, 1.54) is 47.6 Å². The van der Waals surface area contributed by atoms with E-state index in [0.29, 0.717) is 0 Å². The Bertz CT molecular complexity index is 1220. The van der Waals surface area contributed by atoms with Crippen LogP contribution in [0.25, 0.3) is 42.0 Å². The summed E-state index contributed by atoms with van der Waals surface area (Å²) < 4.78 is 2.41. The van der Waals surface area contributed by atoms with E-state index in [1.54, 1.807) is 0 Å². The predicted molar refractivity (Wildman–Crippen MR) is 116 cm³/mol. The number of benzene rings is 2. The maximum absolute atomic E-state index is 2.41. The first kappa shape index (κ1) is 15.9. The van der Waals surface area contributed by atoms with Gasteiger partial charge in [-0.05, 0) is 60.7 Å². The molecule has 0 saturated heterocycles. The van der Waals surface area contributed by atoms with Crippen LogP contribution in [0.3, 0.4) is 0 Å². The highest BCUT2D eigenvalue weighted by molar-refractivity contribution is 7.23. The molecule has 3 heterocycles. The minimum atomic E-state index is 0.990. The van der Waals surface area contributed by atoms with Crippen molar-refractivity contribution in [2.75, 3.05) is 0 Å². The van der Waals surface area contributed by atoms with Crippen molar-refractivity contribution in [3.63, 3.8) is 0 Å². The monoisotopic (exact) mass is 373 g/mol. The summed E-state index contributed by atoms with van der Waals surface area (Å²) in [6.45, 7) is 5.43. The first-order valence-electron chi connectivity index (χ1n) is 8.92. The standard InChI is InChI=1S/C23H19NS2/c1-3-24-19-8-5-4-7-17(19)18-14-16(10-11-20(18)24)23-15(2)13-22(26-23)21-9-6-12-25-21/h4-14H,3H2,1-2H3. The van der Waals surface area contributed by atoms with Gasteiger partial charge >= 0.3 is 0 Å². The number of nitrogens with zero attached hydrogens (tertiary/aromatic N) is 1. The van der Waals surface area contributed by atoms with Crippen molar-refractivity contribution in [2.45, 2.75) is 20.4 Å². The Balaban J connectivity index is 1.73. The SMILES string of the molecule is CCn1c2ccccc2c2cc(-c3sc(-c4cccs4)cc3C)ccc21. The number of rotatable bonds is 3. The van der Waals surface area contributed by atoms with Gasteiger partial charge in [0.1, 0.15) is 0 Å². The van der Waals surface area contributed by atoms with Gasteiger partial charge in [-0.15, -0.1) is 22.7 Å². The van der Waals surface area contributed by atoms with E-state index in [9.17, 15) is 0 Å². The Hall–Kier alpha value is -2.36. The molecule has 0 N–H and O–H groups in total. The van der Waals surface area contributed by atoms with Crippen molar-refractivity contribution in [3.8, 4) is 20.2 Å². The molecule has 0 amide bonds. The van der Waals surface area contributed by atoms with Crippen LogP contribution in [0.4, 0.5) is 0 Å². The Morgan fingerprint density at radius 1 is 0.846 bits per heavy atom. The minimum absolute atomic E-state index is 0.990. The molecule has 3 heteroatoms. The number of hydrogen-bond acceptors (Lipinski definition) is 2. The number of fused-ring (bicyclic) bond motifs is 3. The fraction of sp³-hybridized carbons (Fsp3) is 0.130. The lowest BCUT2D eigenvalue weighted by Crippen LogP contribution is -1.92. The second kappa shape index (κ2) is 6.11. The second-order valence-electron chi connectivity index (χ2n) is 6.59. The smallest absolute Gasteiger partial charge is 0.0491 e. The Labute approximate surface area is 161 Å². The molecule has 0 aliphatic heterocycles. The average Bonchev–Trinajstić information content (AvgIpc) is 3.38. The van der Waals surface area contributed by atoms with Gasteiger partial charge < -0.3 is 4.57 Å². The van der Waals surface area contributed by atoms with Gasteiger partial charge in [0.15, 0.2) is 0 Å². The molecule has 3 aromatic heterocycles. The lowest BCUT2D eigenvalue weighted by Gasteiger charge is -2.04. The van der Waals surface area contributed by atoms with Gasteiger partial charge in [-0.3, -0.25) is 0 Å². The summed E-state index contributed by atoms with van der Waals surface area (Å²) in [5.74, 6) is 0. The highest BCUT2D eigenvalue weighted by atomic mass is 32.1. The highest BCUT2D eigenvalue weighted by Gasteiger charge is 2.14. The van der Waals surface area contributed by atoms with Gasteiger partial charge in [-0.25, -0.2) is 0 Å². The van der Waals surface area contributed by atoms with E-state index in [1.807, 2.05) is 22.7 Å². The van der Waals surface area contributed by atoms with Crippen LogP contribution in [0.1, 0.15) is 12.5 Å². The third kappa shape index (κ3) is 2.35. The zero-order valence-corrected chi connectivity index (χ0v) is 16.5. The van der Waals surface area contributed by atoms with Crippen LogP contribution in [0.15, 0.2) is 66.0 Å². The molecule has 2 aromatic carbocycles. The maximum atomic E-state index is 2.41. The highest BCUT2D eigenvalue weighted by Crippen LogP contribution is 2.41. The molecule has 26 heavy (non-hydrogen) atoms. The van der Waals surface area contributed by atoms with Crippen LogP contribution < -0.4 is 0 Å². The van der Waals surface area contributed by atoms with Crippen molar-refractivity contribution >= 4 is 44.5 Å². The van der Waals surface area contributed by atoms with Gasteiger partial charge in [0.05, 0.1) is 0 Å². The van der Waals surface area contributed by atoms with Crippen LogP contribution in [-0.2, 0) is 6.54 Å². The van der Waals surface area contributed by atoms with Gasteiger partial charge in [0.25, 0.3) is 0 Å². The Morgan fingerprint density at radius 2 is 1.69 bits per heavy atom. The molecule has 0 saturated carbocycles. The van der Waals surface area contributed by atoms with Crippen molar-refractivity contribution < 1.29 is 0 Å². The zero-order chi connectivity index (χ0) is 17.7. The van der Waals surface area contributed by atoms with Crippen LogP contribution >= 0.6 is 22.7 Å². The lowest BCUT2D eigenvalue weighted by atomic mass is 10.1. The normalized spacial score (nSPS) is 11.6. The molecule has 0 spiro atoms. The Kier molecular flexibility index (Phi) is 3.73. The first-order valence-corrected chi connectivity index (χ1v) is 10.6. The molecule has 0 radical (unpaired) electrons. The predicted octanol–water partition coefficient (Wildman–Crippen LogP) is 7.58. The molecule has 0 atom stereocenters. The van der Waals surface area contributed by atoms with Crippen LogP contribution in [0.2, 0.25) is 0 Å². The van der Waals surface area contributed by atoms with E-state index < -0.39 is 0 Å². The van der Waals surface area contributed by atoms with E-state index in [2.05, 4.69) is 84.5 Å². The summed E-state index contributed by atoms with van der Waals surface area (Å²) in [5, 5.41) is 4.85. The van der Waals surface area contributed by atoms with Gasteiger partial charge in [-0.1, -0.05) is 30.3 Å². The molecule has 0 unspecified atom stereocenters. The minimum Gasteiger partial charge on any atom is -0.341 e. The van der Waals surface area contributed by atoms with Crippen molar-refractivity contribution in [1.82, 2.24) is 4.57 Å². The zero-order valence-electron chi connectivity index (χ0n) is 14.8. The van der Waals surface area contributed by atoms with E-state index in [-0.39, 0.29) is 0 Å². The fourth-order valence-corrected chi connectivity index (χ4v) is 5.84. The summed E-state index contributed by atoms with van der Waals surface area (Å²) in [6.07, 6.45) is 0. The Morgan fingerprint density at radius 3 is 2.50 bits per heavy atom. The summed E-state index contributed by atoms with van der Waals surface area (Å²) >= 11 is 3.71. The molecular weight excluding hydrogens is 354 g/mol. The molecule has 0 aliphatic rings. The van der Waals surface area contributed by atoms with Crippen LogP contribution in [0, 0.1) is 6.92 Å². The van der Waals surface area contributed by atoms with E-state index in [4.69, 9.17) is 0 Å². The van der Waals surface area contributed by atoms with Gasteiger partial charge in [0, 0.05) is 43.0 Å². The number of aromatic nitrogens is 1. The van der Waals surface area contributed by atoms with Crippen LogP contribution in [0.5, 0.6) is 0 Å². The first-order chi connectivity index (χ1) is 12.8. The van der Waals surface area contributed by atoms with Crippen molar-refractivity contribution in [1.29, 1.82) is 0 Å². The number of hydrogen-bond donors (Lipinski definition) is 0. The third-order valence-electron chi connectivity index (χ3n) is 5.03. The van der Waals surface area contributed by atoms with Gasteiger partial charge in [0.2, 0.25) is 0 Å². The topological polar surface area (TPSA) is 4.93 Å². The molecule has 0 aliphatic carbocycles. The molecule has 1 nitrogen and oxygen atoms in total. The molecule has 128 valence electrons. The number of para-hydroxylation sites is 1. The second-order valence-corrected chi connectivity index (χ2v) is 8.59. The van der Waals surface area contributed by atoms with Gasteiger partial charge in [-0.2, -0.15) is 0 Å². The molecule has 0 fully saturated rings. The third-order valence-corrected chi connectivity index (χ3v) is 7.38. The number of aryl methyl sites for hydroxylation is 2. The maximum Gasteiger partial charge on any atom is 0.0491 e. The average molecular weight is 374 g/mol. The van der Waals surface area contributed by atoms with E-state index >= 15 is 0 Å². The molecular formula is C23H19NS2.